The van der Waals surface area contributed by atoms with Crippen LogP contribution >= 0.6 is 0 Å². The van der Waals surface area contributed by atoms with Gasteiger partial charge in [0.2, 0.25) is 0 Å². The van der Waals surface area contributed by atoms with Gasteiger partial charge >= 0.3 is 11.9 Å². The fraction of sp³-hybridized carbons (Fsp3) is 0.600. The van der Waals surface area contributed by atoms with E-state index in [1.807, 2.05) is 0 Å². The van der Waals surface area contributed by atoms with Crippen molar-refractivity contribution in [3.05, 3.63) is 0 Å². The zero-order chi connectivity index (χ0) is 9.02. The first kappa shape index (κ1) is 9.86. The predicted octanol–water partition coefficient (Wildman–Crippen LogP) is -2.39. The summed E-state index contributed by atoms with van der Waals surface area (Å²) in [6.07, 6.45) is -2.18. The molecule has 0 aromatic rings. The maximum atomic E-state index is 10.3. The van der Waals surface area contributed by atoms with Gasteiger partial charge < -0.3 is 21.1 Å². The Kier molecular flexibility index (Phi) is 3.49. The Balaban J connectivity index is 4.12. The number of aliphatic hydroxyl groups is 1. The highest BCUT2D eigenvalue weighted by molar-refractivity contribution is 5.78. The molecular weight excluding hydrogens is 154 g/mol. The lowest BCUT2D eigenvalue weighted by Gasteiger charge is -2.07. The number of rotatable bonds is 4. The van der Waals surface area contributed by atoms with Crippen LogP contribution in [0.1, 0.15) is 6.42 Å². The second kappa shape index (κ2) is 3.89. The van der Waals surface area contributed by atoms with Crippen molar-refractivity contribution in [2.24, 2.45) is 11.7 Å². The Bertz CT molecular complexity index is 166. The van der Waals surface area contributed by atoms with Crippen LogP contribution in [0.15, 0.2) is 0 Å². The van der Waals surface area contributed by atoms with Gasteiger partial charge in [-0.2, -0.15) is 0 Å². The largest absolute Gasteiger partial charge is 0.564 e. The second-order valence-electron chi connectivity index (χ2n) is 2.06. The molecule has 64 valence electrons. The summed E-state index contributed by atoms with van der Waals surface area (Å²) >= 11 is 0. The molecule has 0 aliphatic heterocycles. The number of carbonyl (C=O) groups excluding carboxylic acids is 1. The quantitative estimate of drug-likeness (QED) is 0.316. The van der Waals surface area contributed by atoms with Gasteiger partial charge in [-0.3, -0.25) is 4.79 Å². The van der Waals surface area contributed by atoms with Crippen LogP contribution < -0.4 is 5.73 Å². The lowest BCUT2D eigenvalue weighted by atomic mass is 10.1. The van der Waals surface area contributed by atoms with E-state index in [9.17, 15) is 9.59 Å². The molecule has 0 rings (SSSR count). The van der Waals surface area contributed by atoms with Crippen LogP contribution in [-0.4, -0.2) is 33.5 Å². The number of aliphatic carboxylic acids is 1. The lowest BCUT2D eigenvalue weighted by molar-refractivity contribution is -0.152. The highest BCUT2D eigenvalue weighted by atomic mass is 16.4. The molecular formula is C5H10NO5+. The summed E-state index contributed by atoms with van der Waals surface area (Å²) in [5.41, 5.74) is 4.84. The number of nitrogens with two attached hydrogens (primary N) is 1. The highest BCUT2D eigenvalue weighted by Crippen LogP contribution is 2.05. The first-order valence-corrected chi connectivity index (χ1v) is 2.86. The van der Waals surface area contributed by atoms with Gasteiger partial charge in [-0.1, -0.05) is 0 Å². The van der Waals surface area contributed by atoms with E-state index in [0.29, 0.717) is 0 Å². The minimum absolute atomic E-state index is 0.611. The van der Waals surface area contributed by atoms with Gasteiger partial charge in [-0.25, -0.2) is 0 Å². The Hall–Kier alpha value is -1.14. The lowest BCUT2D eigenvalue weighted by Crippen LogP contribution is -2.36. The third-order valence-corrected chi connectivity index (χ3v) is 1.14. The summed E-state index contributed by atoms with van der Waals surface area (Å²) in [5, 5.41) is 23.3. The van der Waals surface area contributed by atoms with Crippen molar-refractivity contribution in [1.82, 2.24) is 0 Å². The minimum Gasteiger partial charge on any atom is -0.564 e. The molecule has 0 amide bonds. The van der Waals surface area contributed by atoms with E-state index in [4.69, 9.17) is 21.1 Å². The van der Waals surface area contributed by atoms with E-state index in [0.717, 1.165) is 0 Å². The van der Waals surface area contributed by atoms with Crippen LogP contribution in [0, 0.1) is 5.92 Å². The molecule has 0 radical (unpaired) electrons. The molecule has 0 aromatic heterocycles. The molecule has 0 heterocycles. The number of aliphatic hydroxyl groups excluding tert-OH is 1. The molecule has 0 aromatic carbocycles. The van der Waals surface area contributed by atoms with E-state index in [2.05, 4.69) is 0 Å². The normalized spacial score (nSPS) is 15.5. The zero-order valence-corrected chi connectivity index (χ0v) is 5.65. The maximum absolute atomic E-state index is 10.3. The van der Waals surface area contributed by atoms with Crippen LogP contribution in [0.3, 0.4) is 0 Å². The molecule has 0 spiro atoms. The smallest absolute Gasteiger partial charge is 0.523 e. The molecule has 0 bridgehead atoms. The number of hydrogen-bond donors (Lipinski definition) is 3. The van der Waals surface area contributed by atoms with Crippen molar-refractivity contribution >= 4 is 11.9 Å². The summed E-state index contributed by atoms with van der Waals surface area (Å²) in [6.45, 7) is 0. The molecule has 0 aliphatic carbocycles. The van der Waals surface area contributed by atoms with Gasteiger partial charge in [-0.05, 0) is 0 Å². The fourth-order valence-corrected chi connectivity index (χ4v) is 0.557. The molecule has 0 fully saturated rings. The molecule has 0 saturated heterocycles. The molecule has 6 nitrogen and oxygen atoms in total. The molecule has 0 aliphatic rings. The number of carboxylic acid groups (broad SMARTS) is 1. The van der Waals surface area contributed by atoms with Crippen molar-refractivity contribution in [1.29, 1.82) is 0 Å². The van der Waals surface area contributed by atoms with Crippen LogP contribution in [0.5, 0.6) is 0 Å². The van der Waals surface area contributed by atoms with Gasteiger partial charge in [0, 0.05) is 4.79 Å². The monoisotopic (exact) mass is 164 g/mol. The number of hydrogen-bond acceptors (Lipinski definition) is 4. The average Bonchev–Trinajstić information content (AvgIpc) is 1.81. The van der Waals surface area contributed by atoms with Crippen molar-refractivity contribution in [3.63, 3.8) is 0 Å². The summed E-state index contributed by atoms with van der Waals surface area (Å²) in [6, 6.07) is 0. The van der Waals surface area contributed by atoms with E-state index < -0.39 is 30.5 Å². The first-order valence-electron chi connectivity index (χ1n) is 2.86. The van der Waals surface area contributed by atoms with Gasteiger partial charge in [0.25, 0.3) is 0 Å². The van der Waals surface area contributed by atoms with Crippen molar-refractivity contribution in [2.45, 2.75) is 12.6 Å². The third-order valence-electron chi connectivity index (χ3n) is 1.14. The van der Waals surface area contributed by atoms with E-state index in [1.54, 1.807) is 0 Å². The first-order chi connectivity index (χ1) is 4.95. The fourth-order valence-electron chi connectivity index (χ4n) is 0.557. The Morgan fingerprint density at radius 3 is 2.09 bits per heavy atom. The third kappa shape index (κ3) is 3.54. The number of carbonyl (C=O) groups is 2. The number of carboxylic acids is 1. The van der Waals surface area contributed by atoms with Gasteiger partial charge in [0.15, 0.2) is 5.92 Å². The van der Waals surface area contributed by atoms with Crippen molar-refractivity contribution in [3.8, 4) is 0 Å². The van der Waals surface area contributed by atoms with Gasteiger partial charge in [0.1, 0.15) is 6.23 Å². The van der Waals surface area contributed by atoms with Crippen molar-refractivity contribution in [2.75, 3.05) is 0 Å². The zero-order valence-electron chi connectivity index (χ0n) is 5.65. The summed E-state index contributed by atoms with van der Waals surface area (Å²) in [5.74, 6) is -3.75. The van der Waals surface area contributed by atoms with E-state index >= 15 is 0 Å². The highest BCUT2D eigenvalue weighted by Gasteiger charge is 2.32. The standard InChI is InChI=1S/C5H9NO5/c6-4(9)2(5(10)11)1-3(7)8/h2,4,9H,1,6H2,(H,7,8)(H,10,11)/p+1. The molecule has 2 unspecified atom stereocenters. The minimum atomic E-state index is -1.57. The van der Waals surface area contributed by atoms with Crippen LogP contribution in [-0.2, 0) is 9.59 Å². The molecule has 6 heteroatoms. The Morgan fingerprint density at radius 1 is 1.55 bits per heavy atom. The Morgan fingerprint density at radius 2 is 2.00 bits per heavy atom. The summed E-state index contributed by atoms with van der Waals surface area (Å²) in [7, 11) is 0. The van der Waals surface area contributed by atoms with Crippen molar-refractivity contribution < 1.29 is 24.9 Å². The topological polar surface area (TPSA) is 124 Å². The Labute approximate surface area is 62.2 Å². The molecule has 6 N–H and O–H groups in total. The summed E-state index contributed by atoms with van der Waals surface area (Å²) in [4.78, 5) is 20.3. The van der Waals surface area contributed by atoms with Gasteiger partial charge in [-0.15, -0.1) is 0 Å². The van der Waals surface area contributed by atoms with E-state index in [1.165, 1.54) is 0 Å². The summed E-state index contributed by atoms with van der Waals surface area (Å²) < 4.78 is 0. The van der Waals surface area contributed by atoms with Crippen LogP contribution in [0.2, 0.25) is 0 Å². The van der Waals surface area contributed by atoms with E-state index in [-0.39, 0.29) is 0 Å². The van der Waals surface area contributed by atoms with Crippen LogP contribution in [0.25, 0.3) is 0 Å². The predicted molar refractivity (Wildman–Crippen MR) is 34.6 cm³/mol. The molecule has 0 saturated carbocycles. The SMILES string of the molecule is NC(O)C(CC(=O)O)C(=O)[OH2+]. The van der Waals surface area contributed by atoms with Crippen LogP contribution in [0.4, 0.5) is 0 Å². The molecule has 2 atom stereocenters. The second-order valence-corrected chi connectivity index (χ2v) is 2.06. The molecule has 11 heavy (non-hydrogen) atoms. The maximum Gasteiger partial charge on any atom is 0.523 e. The average molecular weight is 164 g/mol. The van der Waals surface area contributed by atoms with Gasteiger partial charge in [0.05, 0.1) is 6.42 Å².